The first kappa shape index (κ1) is 21.1. The standard InChI is InChI=1S/C23H30N2O4S/c1-17-7-9-21(29-17)16-24(2)23(26)19-11-13-25(14-12-19)30(27,28)22-10-8-18-5-3-4-6-20(18)15-22/h7-10,15,19H,3-6,11-14,16H2,1-2H3. The lowest BCUT2D eigenvalue weighted by atomic mass is 9.92. The molecule has 2 heterocycles. The Kier molecular flexibility index (Phi) is 6.02. The zero-order valence-corrected chi connectivity index (χ0v) is 18.6. The third kappa shape index (κ3) is 4.32. The predicted molar refractivity (Wildman–Crippen MR) is 114 cm³/mol. The number of carbonyl (C=O) groups is 1. The van der Waals surface area contributed by atoms with Gasteiger partial charge in [0.25, 0.3) is 0 Å². The number of carbonyl (C=O) groups excluding carboxylic acids is 1. The van der Waals surface area contributed by atoms with Gasteiger partial charge in [0.2, 0.25) is 15.9 Å². The van der Waals surface area contributed by atoms with Crippen molar-refractivity contribution in [2.24, 2.45) is 5.92 Å². The van der Waals surface area contributed by atoms with Crippen LogP contribution in [-0.2, 0) is 34.2 Å². The van der Waals surface area contributed by atoms with Crippen molar-refractivity contribution in [2.45, 2.75) is 56.9 Å². The molecule has 1 fully saturated rings. The summed E-state index contributed by atoms with van der Waals surface area (Å²) in [7, 11) is -1.74. The Morgan fingerprint density at radius 1 is 1.10 bits per heavy atom. The maximum Gasteiger partial charge on any atom is 0.243 e. The lowest BCUT2D eigenvalue weighted by molar-refractivity contribution is -0.136. The van der Waals surface area contributed by atoms with Crippen LogP contribution in [-0.4, -0.2) is 43.7 Å². The Balaban J connectivity index is 1.38. The van der Waals surface area contributed by atoms with Gasteiger partial charge in [-0.05, 0) is 80.8 Å². The van der Waals surface area contributed by atoms with Crippen molar-refractivity contribution in [3.05, 3.63) is 53.0 Å². The predicted octanol–water partition coefficient (Wildman–Crippen LogP) is 3.53. The van der Waals surface area contributed by atoms with Gasteiger partial charge in [0.1, 0.15) is 11.5 Å². The summed E-state index contributed by atoms with van der Waals surface area (Å²) in [6.45, 7) is 3.07. The van der Waals surface area contributed by atoms with E-state index >= 15 is 0 Å². The van der Waals surface area contributed by atoms with E-state index in [1.54, 1.807) is 18.0 Å². The van der Waals surface area contributed by atoms with Gasteiger partial charge in [-0.2, -0.15) is 4.31 Å². The molecule has 0 atom stereocenters. The molecule has 0 saturated carbocycles. The highest BCUT2D eigenvalue weighted by Crippen LogP contribution is 2.29. The lowest BCUT2D eigenvalue weighted by Gasteiger charge is -2.32. The van der Waals surface area contributed by atoms with Gasteiger partial charge in [-0.1, -0.05) is 6.07 Å². The van der Waals surface area contributed by atoms with Crippen molar-refractivity contribution >= 4 is 15.9 Å². The molecule has 6 nitrogen and oxygen atoms in total. The fourth-order valence-electron chi connectivity index (χ4n) is 4.56. The summed E-state index contributed by atoms with van der Waals surface area (Å²) < 4.78 is 33.4. The Hall–Kier alpha value is -2.12. The molecule has 1 aliphatic carbocycles. The number of rotatable bonds is 5. The van der Waals surface area contributed by atoms with Crippen LogP contribution in [0.2, 0.25) is 0 Å². The maximum atomic E-state index is 13.1. The van der Waals surface area contributed by atoms with E-state index in [-0.39, 0.29) is 11.8 Å². The molecule has 0 N–H and O–H groups in total. The SMILES string of the molecule is Cc1ccc(CN(C)C(=O)C2CCN(S(=O)(=O)c3ccc4c(c3)CCCC4)CC2)o1. The van der Waals surface area contributed by atoms with Crippen molar-refractivity contribution in [1.82, 2.24) is 9.21 Å². The summed E-state index contributed by atoms with van der Waals surface area (Å²) in [6.07, 6.45) is 5.38. The van der Waals surface area contributed by atoms with E-state index in [4.69, 9.17) is 4.42 Å². The number of aryl methyl sites for hydroxylation is 3. The van der Waals surface area contributed by atoms with Crippen LogP contribution in [0, 0.1) is 12.8 Å². The second-order valence-corrected chi connectivity index (χ2v) is 10.5. The first-order valence-corrected chi connectivity index (χ1v) is 12.2. The molecule has 0 bridgehead atoms. The van der Waals surface area contributed by atoms with Crippen molar-refractivity contribution in [3.8, 4) is 0 Å². The highest BCUT2D eigenvalue weighted by molar-refractivity contribution is 7.89. The van der Waals surface area contributed by atoms with Gasteiger partial charge in [0, 0.05) is 26.1 Å². The van der Waals surface area contributed by atoms with E-state index in [0.29, 0.717) is 37.4 Å². The number of nitrogens with zero attached hydrogens (tertiary/aromatic N) is 2. The van der Waals surface area contributed by atoms with Crippen molar-refractivity contribution < 1.29 is 17.6 Å². The molecule has 1 aromatic heterocycles. The highest BCUT2D eigenvalue weighted by Gasteiger charge is 2.33. The minimum Gasteiger partial charge on any atom is -0.464 e. The molecule has 0 unspecified atom stereocenters. The molecule has 1 saturated heterocycles. The van der Waals surface area contributed by atoms with Gasteiger partial charge in [-0.15, -0.1) is 0 Å². The summed E-state index contributed by atoms with van der Waals surface area (Å²) in [5.74, 6) is 1.48. The third-order valence-corrected chi connectivity index (χ3v) is 8.22. The van der Waals surface area contributed by atoms with E-state index in [1.807, 2.05) is 31.2 Å². The molecule has 30 heavy (non-hydrogen) atoms. The van der Waals surface area contributed by atoms with Crippen LogP contribution in [0.4, 0.5) is 0 Å². The normalized spacial score (nSPS) is 18.2. The lowest BCUT2D eigenvalue weighted by Crippen LogP contribution is -2.43. The van der Waals surface area contributed by atoms with E-state index in [2.05, 4.69) is 0 Å². The fourth-order valence-corrected chi connectivity index (χ4v) is 6.08. The van der Waals surface area contributed by atoms with Crippen LogP contribution in [0.1, 0.15) is 48.3 Å². The van der Waals surface area contributed by atoms with Crippen LogP contribution in [0.15, 0.2) is 39.6 Å². The number of benzene rings is 1. The maximum absolute atomic E-state index is 13.1. The first-order valence-electron chi connectivity index (χ1n) is 10.8. The van der Waals surface area contributed by atoms with Crippen LogP contribution >= 0.6 is 0 Å². The van der Waals surface area contributed by atoms with Crippen LogP contribution in [0.25, 0.3) is 0 Å². The third-order valence-electron chi connectivity index (χ3n) is 6.33. The van der Waals surface area contributed by atoms with Crippen molar-refractivity contribution in [1.29, 1.82) is 0 Å². The molecule has 2 aromatic rings. The molecule has 0 spiro atoms. The molecule has 2 aliphatic rings. The van der Waals surface area contributed by atoms with Crippen LogP contribution in [0.5, 0.6) is 0 Å². The number of amides is 1. The van der Waals surface area contributed by atoms with Crippen LogP contribution in [0.3, 0.4) is 0 Å². The number of hydrogen-bond acceptors (Lipinski definition) is 4. The van der Waals surface area contributed by atoms with E-state index in [1.165, 1.54) is 21.9 Å². The topological polar surface area (TPSA) is 70.8 Å². The minimum absolute atomic E-state index is 0.0508. The number of furan rings is 1. The molecule has 1 aromatic carbocycles. The quantitative estimate of drug-likeness (QED) is 0.728. The zero-order chi connectivity index (χ0) is 21.3. The number of hydrogen-bond donors (Lipinski definition) is 0. The molecule has 1 amide bonds. The second-order valence-electron chi connectivity index (χ2n) is 8.52. The van der Waals surface area contributed by atoms with E-state index < -0.39 is 10.0 Å². The molecule has 1 aliphatic heterocycles. The van der Waals surface area contributed by atoms with Crippen molar-refractivity contribution in [3.63, 3.8) is 0 Å². The monoisotopic (exact) mass is 430 g/mol. The molecule has 162 valence electrons. The first-order chi connectivity index (χ1) is 14.3. The summed E-state index contributed by atoms with van der Waals surface area (Å²) in [5, 5.41) is 0. The molecule has 4 rings (SSSR count). The number of fused-ring (bicyclic) bond motifs is 1. The fraction of sp³-hybridized carbons (Fsp3) is 0.522. The Morgan fingerprint density at radius 2 is 1.80 bits per heavy atom. The van der Waals surface area contributed by atoms with Gasteiger partial charge in [0.05, 0.1) is 11.4 Å². The molecule has 0 radical (unpaired) electrons. The van der Waals surface area contributed by atoms with Gasteiger partial charge >= 0.3 is 0 Å². The summed E-state index contributed by atoms with van der Waals surface area (Å²) in [5.41, 5.74) is 2.45. The van der Waals surface area contributed by atoms with E-state index in [0.717, 1.165) is 30.8 Å². The molecular formula is C23H30N2O4S. The minimum atomic E-state index is -3.52. The van der Waals surface area contributed by atoms with Gasteiger partial charge in [-0.3, -0.25) is 4.79 Å². The number of piperidine rings is 1. The smallest absolute Gasteiger partial charge is 0.243 e. The average molecular weight is 431 g/mol. The summed E-state index contributed by atoms with van der Waals surface area (Å²) in [4.78, 5) is 14.9. The molecule has 7 heteroatoms. The van der Waals surface area contributed by atoms with E-state index in [9.17, 15) is 13.2 Å². The van der Waals surface area contributed by atoms with Crippen LogP contribution < -0.4 is 0 Å². The highest BCUT2D eigenvalue weighted by atomic mass is 32.2. The largest absolute Gasteiger partial charge is 0.464 e. The summed E-state index contributed by atoms with van der Waals surface area (Å²) >= 11 is 0. The zero-order valence-electron chi connectivity index (χ0n) is 17.8. The van der Waals surface area contributed by atoms with Gasteiger partial charge in [-0.25, -0.2) is 8.42 Å². The second kappa shape index (κ2) is 8.55. The van der Waals surface area contributed by atoms with Crippen molar-refractivity contribution in [2.75, 3.05) is 20.1 Å². The number of sulfonamides is 1. The Bertz CT molecular complexity index is 1020. The van der Waals surface area contributed by atoms with Gasteiger partial charge in [0.15, 0.2) is 0 Å². The van der Waals surface area contributed by atoms with Gasteiger partial charge < -0.3 is 9.32 Å². The average Bonchev–Trinajstić information content (AvgIpc) is 3.17. The Labute approximate surface area is 178 Å². The Morgan fingerprint density at radius 3 is 2.47 bits per heavy atom. The summed E-state index contributed by atoms with van der Waals surface area (Å²) in [6, 6.07) is 9.35. The molecular weight excluding hydrogens is 400 g/mol.